The minimum atomic E-state index is -0.866. The second kappa shape index (κ2) is 6.04. The maximum Gasteiger partial charge on any atom is 0.244 e. The van der Waals surface area contributed by atoms with Gasteiger partial charge in [0, 0.05) is 30.8 Å². The number of aliphatic hydroxyl groups excluding tert-OH is 2. The Morgan fingerprint density at radius 2 is 2.18 bits per heavy atom. The van der Waals surface area contributed by atoms with Gasteiger partial charge in [-0.05, 0) is 18.1 Å². The zero-order valence-corrected chi connectivity index (χ0v) is 12.1. The van der Waals surface area contributed by atoms with Crippen LogP contribution in [0.1, 0.15) is 30.2 Å². The van der Waals surface area contributed by atoms with Gasteiger partial charge in [0.15, 0.2) is 0 Å². The molecular weight excluding hydrogens is 286 g/mol. The molecule has 4 N–H and O–H groups in total. The molecule has 3 rings (SSSR count). The summed E-state index contributed by atoms with van der Waals surface area (Å²) in [5.74, 6) is -0.620. The molecule has 22 heavy (non-hydrogen) atoms. The first kappa shape index (κ1) is 15.0. The van der Waals surface area contributed by atoms with Gasteiger partial charge in [-0.15, -0.1) is 0 Å². The Labute approximate surface area is 127 Å². The molecule has 2 aliphatic rings. The molecule has 1 aromatic rings. The molecule has 2 heterocycles. The number of fused-ring (bicyclic) bond motifs is 1. The SMILES string of the molecule is O=C1CCC(N2Cc3c(NCCO)cccc3C2O)C(=O)N1. The van der Waals surface area contributed by atoms with Crippen molar-refractivity contribution in [3.8, 4) is 0 Å². The normalized spacial score (nSPS) is 25.0. The van der Waals surface area contributed by atoms with Crippen molar-refractivity contribution in [1.82, 2.24) is 10.2 Å². The Morgan fingerprint density at radius 1 is 1.36 bits per heavy atom. The molecule has 7 nitrogen and oxygen atoms in total. The number of hydrogen-bond acceptors (Lipinski definition) is 6. The van der Waals surface area contributed by atoms with Crippen LogP contribution in [0.15, 0.2) is 18.2 Å². The van der Waals surface area contributed by atoms with Gasteiger partial charge in [-0.1, -0.05) is 12.1 Å². The summed E-state index contributed by atoms with van der Waals surface area (Å²) < 4.78 is 0. The molecule has 118 valence electrons. The van der Waals surface area contributed by atoms with Gasteiger partial charge >= 0.3 is 0 Å². The van der Waals surface area contributed by atoms with E-state index in [1.54, 1.807) is 4.90 Å². The summed E-state index contributed by atoms with van der Waals surface area (Å²) in [7, 11) is 0. The zero-order valence-electron chi connectivity index (χ0n) is 12.1. The molecule has 2 aliphatic heterocycles. The molecule has 2 amide bonds. The Balaban J connectivity index is 1.83. The van der Waals surface area contributed by atoms with E-state index in [4.69, 9.17) is 5.11 Å². The van der Waals surface area contributed by atoms with Crippen molar-refractivity contribution >= 4 is 17.5 Å². The highest BCUT2D eigenvalue weighted by molar-refractivity contribution is 6.00. The van der Waals surface area contributed by atoms with Crippen LogP contribution >= 0.6 is 0 Å². The van der Waals surface area contributed by atoms with Crippen molar-refractivity contribution in [3.05, 3.63) is 29.3 Å². The third kappa shape index (κ3) is 2.58. The van der Waals surface area contributed by atoms with E-state index in [2.05, 4.69) is 10.6 Å². The second-order valence-electron chi connectivity index (χ2n) is 5.54. The molecule has 0 bridgehead atoms. The lowest BCUT2D eigenvalue weighted by atomic mass is 10.0. The number of anilines is 1. The van der Waals surface area contributed by atoms with E-state index in [1.165, 1.54) is 0 Å². The van der Waals surface area contributed by atoms with Gasteiger partial charge < -0.3 is 15.5 Å². The number of aliphatic hydroxyl groups is 2. The molecule has 1 fully saturated rings. The van der Waals surface area contributed by atoms with Crippen molar-refractivity contribution in [2.45, 2.75) is 31.7 Å². The smallest absolute Gasteiger partial charge is 0.244 e. The van der Waals surface area contributed by atoms with Crippen LogP contribution in [-0.2, 0) is 16.1 Å². The Kier molecular flexibility index (Phi) is 4.10. The fourth-order valence-electron chi connectivity index (χ4n) is 3.11. The van der Waals surface area contributed by atoms with Crippen molar-refractivity contribution < 1.29 is 19.8 Å². The maximum atomic E-state index is 12.0. The maximum absolute atomic E-state index is 12.0. The van der Waals surface area contributed by atoms with Gasteiger partial charge in [0.05, 0.1) is 12.6 Å². The number of hydrogen-bond donors (Lipinski definition) is 4. The first-order chi connectivity index (χ1) is 10.6. The first-order valence-corrected chi connectivity index (χ1v) is 7.36. The van der Waals surface area contributed by atoms with E-state index in [9.17, 15) is 14.7 Å². The van der Waals surface area contributed by atoms with Crippen molar-refractivity contribution in [2.75, 3.05) is 18.5 Å². The Bertz CT molecular complexity index is 604. The monoisotopic (exact) mass is 305 g/mol. The van der Waals surface area contributed by atoms with Gasteiger partial charge in [-0.2, -0.15) is 0 Å². The number of nitrogens with one attached hydrogen (secondary N) is 2. The highest BCUT2D eigenvalue weighted by atomic mass is 16.3. The average Bonchev–Trinajstić information content (AvgIpc) is 2.83. The third-order valence-corrected chi connectivity index (χ3v) is 4.18. The predicted octanol–water partition coefficient (Wildman–Crippen LogP) is -0.298. The zero-order chi connectivity index (χ0) is 15.7. The molecule has 0 aromatic heterocycles. The van der Waals surface area contributed by atoms with E-state index in [1.807, 2.05) is 18.2 Å². The van der Waals surface area contributed by atoms with Crippen molar-refractivity contribution in [2.24, 2.45) is 0 Å². The Hall–Kier alpha value is -1.96. The molecule has 2 unspecified atom stereocenters. The highest BCUT2D eigenvalue weighted by Crippen LogP contribution is 2.38. The molecule has 0 aliphatic carbocycles. The molecule has 0 radical (unpaired) electrons. The van der Waals surface area contributed by atoms with Gasteiger partial charge in [0.2, 0.25) is 11.8 Å². The van der Waals surface area contributed by atoms with Gasteiger partial charge in [-0.25, -0.2) is 0 Å². The van der Waals surface area contributed by atoms with Crippen LogP contribution in [-0.4, -0.2) is 46.1 Å². The molecule has 0 spiro atoms. The predicted molar refractivity (Wildman–Crippen MR) is 78.7 cm³/mol. The average molecular weight is 305 g/mol. The first-order valence-electron chi connectivity index (χ1n) is 7.36. The van der Waals surface area contributed by atoms with Crippen LogP contribution in [0, 0.1) is 0 Å². The number of benzene rings is 1. The quantitative estimate of drug-likeness (QED) is 0.570. The van der Waals surface area contributed by atoms with Crippen LogP contribution in [0.2, 0.25) is 0 Å². The van der Waals surface area contributed by atoms with Gasteiger partial charge in [0.25, 0.3) is 0 Å². The van der Waals surface area contributed by atoms with Crippen LogP contribution in [0.5, 0.6) is 0 Å². The number of amides is 2. The van der Waals surface area contributed by atoms with Crippen LogP contribution < -0.4 is 10.6 Å². The summed E-state index contributed by atoms with van der Waals surface area (Å²) in [5, 5.41) is 24.9. The van der Waals surface area contributed by atoms with E-state index < -0.39 is 12.3 Å². The van der Waals surface area contributed by atoms with Crippen LogP contribution in [0.3, 0.4) is 0 Å². The lowest BCUT2D eigenvalue weighted by Gasteiger charge is -2.31. The van der Waals surface area contributed by atoms with Gasteiger partial charge in [0.1, 0.15) is 6.23 Å². The topological polar surface area (TPSA) is 102 Å². The summed E-state index contributed by atoms with van der Waals surface area (Å²) in [6, 6.07) is 5.03. The van der Waals surface area contributed by atoms with E-state index >= 15 is 0 Å². The fraction of sp³-hybridized carbons (Fsp3) is 0.467. The molecular formula is C15H19N3O4. The standard InChI is InChI=1S/C15H19N3O4/c19-7-6-16-11-3-1-2-9-10(11)8-18(15(9)22)12-4-5-13(20)17-14(12)21/h1-3,12,15-16,19,22H,4-8H2,(H,17,20,21). The lowest BCUT2D eigenvalue weighted by molar-refractivity contribution is -0.141. The number of carbonyl (C=O) groups excluding carboxylic acids is 2. The Morgan fingerprint density at radius 3 is 2.91 bits per heavy atom. The summed E-state index contributed by atoms with van der Waals surface area (Å²) in [6.07, 6.45) is -0.171. The third-order valence-electron chi connectivity index (χ3n) is 4.18. The lowest BCUT2D eigenvalue weighted by Crippen LogP contribution is -2.51. The fourth-order valence-corrected chi connectivity index (χ4v) is 3.11. The minimum absolute atomic E-state index is 0.0169. The van der Waals surface area contributed by atoms with Crippen LogP contribution in [0.4, 0.5) is 5.69 Å². The minimum Gasteiger partial charge on any atom is -0.395 e. The number of rotatable bonds is 4. The molecule has 0 saturated carbocycles. The summed E-state index contributed by atoms with van der Waals surface area (Å²) in [5.41, 5.74) is 2.53. The molecule has 7 heteroatoms. The largest absolute Gasteiger partial charge is 0.395 e. The van der Waals surface area contributed by atoms with Crippen LogP contribution in [0.25, 0.3) is 0 Å². The van der Waals surface area contributed by atoms with E-state index in [-0.39, 0.29) is 24.8 Å². The number of carbonyl (C=O) groups is 2. The van der Waals surface area contributed by atoms with E-state index in [0.717, 1.165) is 16.8 Å². The van der Waals surface area contributed by atoms with E-state index in [0.29, 0.717) is 19.5 Å². The van der Waals surface area contributed by atoms with Gasteiger partial charge in [-0.3, -0.25) is 19.8 Å². The number of imide groups is 1. The number of piperidine rings is 1. The molecule has 2 atom stereocenters. The summed E-state index contributed by atoms with van der Waals surface area (Å²) >= 11 is 0. The highest BCUT2D eigenvalue weighted by Gasteiger charge is 2.40. The van der Waals surface area contributed by atoms with Crippen molar-refractivity contribution in [1.29, 1.82) is 0 Å². The van der Waals surface area contributed by atoms with Crippen molar-refractivity contribution in [3.63, 3.8) is 0 Å². The summed E-state index contributed by atoms with van der Waals surface area (Å²) in [6.45, 7) is 0.866. The molecule has 1 aromatic carbocycles. The second-order valence-corrected chi connectivity index (χ2v) is 5.54. The summed E-state index contributed by atoms with van der Waals surface area (Å²) in [4.78, 5) is 25.0. The molecule has 1 saturated heterocycles. The number of nitrogens with zero attached hydrogens (tertiary/aromatic N) is 1.